The Hall–Kier alpha value is -0.157. The van der Waals surface area contributed by atoms with Gasteiger partial charge in [-0.1, -0.05) is 0 Å². The van der Waals surface area contributed by atoms with E-state index in [4.69, 9.17) is 0 Å². The Morgan fingerprint density at radius 3 is 2.65 bits per heavy atom. The molecule has 0 nitrogen and oxygen atoms in total. The first kappa shape index (κ1) is 11.9. The molecular weight excluding hydrogens is 283 g/mol. The fourth-order valence-electron chi connectivity index (χ4n) is 3.56. The zero-order valence-corrected chi connectivity index (χ0v) is 12.7. The Bertz CT molecular complexity index is 437. The summed E-state index contributed by atoms with van der Waals surface area (Å²) in [6.45, 7) is 0. The minimum absolute atomic E-state index is 0. The average molecular weight is 306 g/mol. The van der Waals surface area contributed by atoms with Gasteiger partial charge in [-0.3, -0.25) is 0 Å². The van der Waals surface area contributed by atoms with Gasteiger partial charge in [0.05, 0.1) is 0 Å². The summed E-state index contributed by atoms with van der Waals surface area (Å²) in [5, 5.41) is 0. The molecule has 17 heavy (non-hydrogen) atoms. The van der Waals surface area contributed by atoms with Gasteiger partial charge in [0.15, 0.2) is 0 Å². The summed E-state index contributed by atoms with van der Waals surface area (Å²) in [7, 11) is 0. The first-order chi connectivity index (χ1) is 8.31. The van der Waals surface area contributed by atoms with Crippen LogP contribution in [0.5, 0.6) is 0 Å². The second kappa shape index (κ2) is 4.84. The van der Waals surface area contributed by atoms with Gasteiger partial charge < -0.3 is 4.28 Å². The van der Waals surface area contributed by atoms with Gasteiger partial charge in [0, 0.05) is 0 Å². The molecule has 0 aliphatic heterocycles. The third kappa shape index (κ3) is 2.12. The Morgan fingerprint density at radius 1 is 1.12 bits per heavy atom. The molecule has 1 fully saturated rings. The molecule has 2 unspecified atom stereocenters. The maximum absolute atomic E-state index is 2.40. The fourth-order valence-corrected chi connectivity index (χ4v) is 5.26. The molecule has 2 atom stereocenters. The van der Waals surface area contributed by atoms with E-state index < -0.39 is 0 Å². The van der Waals surface area contributed by atoms with Gasteiger partial charge >= 0.3 is 120 Å². The molecule has 1 heteroatoms. The van der Waals surface area contributed by atoms with E-state index in [-0.39, 0.29) is 4.28 Å². The van der Waals surface area contributed by atoms with E-state index in [1.807, 2.05) is 0 Å². The van der Waals surface area contributed by atoms with Crippen molar-refractivity contribution in [3.05, 3.63) is 47.6 Å². The first-order valence-corrected chi connectivity index (χ1v) is 8.00. The molecular formula is C16H22Zr. The van der Waals surface area contributed by atoms with Gasteiger partial charge in [-0.2, -0.15) is 0 Å². The van der Waals surface area contributed by atoms with Crippen molar-refractivity contribution in [3.63, 3.8) is 0 Å². The molecule has 3 rings (SSSR count). The van der Waals surface area contributed by atoms with E-state index >= 15 is 0 Å². The summed E-state index contributed by atoms with van der Waals surface area (Å²) >= 11 is 1.73. The number of hydrogen-bond acceptors (Lipinski definition) is 0. The monoisotopic (exact) mass is 304 g/mol. The van der Waals surface area contributed by atoms with Crippen LogP contribution in [0.4, 0.5) is 0 Å². The van der Waals surface area contributed by atoms with Crippen LogP contribution in [-0.2, 0) is 24.7 Å². The maximum atomic E-state index is 2.40. The van der Waals surface area contributed by atoms with E-state index in [1.165, 1.54) is 38.5 Å². The van der Waals surface area contributed by atoms with Crippen LogP contribution in [0.25, 0.3) is 0 Å². The zero-order valence-electron chi connectivity index (χ0n) is 13.3. The van der Waals surface area contributed by atoms with Crippen molar-refractivity contribution in [2.45, 2.75) is 41.6 Å². The summed E-state index contributed by atoms with van der Waals surface area (Å²) in [6.07, 6.45) is 22.1. The second-order valence-corrected chi connectivity index (χ2v) is 7.66. The molecule has 0 amide bonds. The van der Waals surface area contributed by atoms with E-state index in [1.54, 1.807) is 35.9 Å². The summed E-state index contributed by atoms with van der Waals surface area (Å²) in [5.41, 5.74) is 3.42. The topological polar surface area (TPSA) is 0 Å². The zero-order chi connectivity index (χ0) is 11.7. The first-order valence-electron chi connectivity index (χ1n) is 6.77. The van der Waals surface area contributed by atoms with E-state index in [2.05, 4.69) is 36.5 Å². The van der Waals surface area contributed by atoms with Gasteiger partial charge in [-0.15, -0.1) is 0 Å². The summed E-state index contributed by atoms with van der Waals surface area (Å²) < 4.78 is 0.520. The second-order valence-electron chi connectivity index (χ2n) is 5.47. The molecule has 0 bridgehead atoms. The van der Waals surface area contributed by atoms with Gasteiger partial charge in [-0.05, 0) is 0 Å². The van der Waals surface area contributed by atoms with Crippen molar-refractivity contribution in [2.75, 3.05) is 0 Å². The molecule has 0 saturated heterocycles. The molecule has 0 aromatic rings. The number of allylic oxidation sites excluding steroid dienone is 8. The minimum atomic E-state index is 0. The van der Waals surface area contributed by atoms with Crippen molar-refractivity contribution in [2.24, 2.45) is 5.92 Å². The Kier molecular flexibility index (Phi) is 3.39. The Balaban J connectivity index is 0.00000120. The van der Waals surface area contributed by atoms with E-state index in [9.17, 15) is 0 Å². The van der Waals surface area contributed by atoms with Crippen molar-refractivity contribution in [3.8, 4) is 0 Å². The van der Waals surface area contributed by atoms with Crippen LogP contribution >= 0.6 is 0 Å². The molecule has 0 spiro atoms. The number of hydrogen-bond donors (Lipinski definition) is 0. The summed E-state index contributed by atoms with van der Waals surface area (Å²) in [5.74, 6) is 0.829. The average Bonchev–Trinajstić information content (AvgIpc) is 3.03. The molecule has 1 saturated carbocycles. The quantitative estimate of drug-likeness (QED) is 0.674. The van der Waals surface area contributed by atoms with Gasteiger partial charge in [0.1, 0.15) is 0 Å². The molecule has 0 heterocycles. The van der Waals surface area contributed by atoms with Crippen LogP contribution in [0.1, 0.15) is 42.8 Å². The van der Waals surface area contributed by atoms with Crippen molar-refractivity contribution >= 4 is 0 Å². The Labute approximate surface area is 124 Å². The van der Waals surface area contributed by atoms with Gasteiger partial charge in [0.25, 0.3) is 0 Å². The SMILES string of the molecule is [H-].[H-].[H-].[Zr+3][C]1(C2=CC=CC2)CCCCC1C1=CC=CC1. The van der Waals surface area contributed by atoms with Crippen LogP contribution in [0.15, 0.2) is 47.6 Å². The summed E-state index contributed by atoms with van der Waals surface area (Å²) in [6, 6.07) is 0. The van der Waals surface area contributed by atoms with Crippen molar-refractivity contribution in [1.82, 2.24) is 0 Å². The van der Waals surface area contributed by atoms with Crippen LogP contribution < -0.4 is 0 Å². The van der Waals surface area contributed by atoms with E-state index in [0.717, 1.165) is 5.92 Å². The normalized spacial score (nSPS) is 36.2. The van der Waals surface area contributed by atoms with E-state index in [0.29, 0.717) is 3.12 Å². The summed E-state index contributed by atoms with van der Waals surface area (Å²) in [4.78, 5) is 0. The molecule has 0 aromatic carbocycles. The van der Waals surface area contributed by atoms with Crippen molar-refractivity contribution in [1.29, 1.82) is 0 Å². The van der Waals surface area contributed by atoms with Crippen LogP contribution in [0.3, 0.4) is 0 Å². The van der Waals surface area contributed by atoms with Crippen molar-refractivity contribution < 1.29 is 29.0 Å². The predicted octanol–water partition coefficient (Wildman–Crippen LogP) is 4.99. The molecule has 90 valence electrons. The number of rotatable bonds is 2. The third-order valence-electron chi connectivity index (χ3n) is 4.50. The molecule has 0 aromatic heterocycles. The predicted molar refractivity (Wildman–Crippen MR) is 71.7 cm³/mol. The van der Waals surface area contributed by atoms with Crippen LogP contribution in [0, 0.1) is 5.92 Å². The van der Waals surface area contributed by atoms with Gasteiger partial charge in [-0.25, -0.2) is 0 Å². The van der Waals surface area contributed by atoms with Crippen LogP contribution in [-0.4, -0.2) is 0 Å². The van der Waals surface area contributed by atoms with Gasteiger partial charge in [0.2, 0.25) is 0 Å². The third-order valence-corrected chi connectivity index (χ3v) is 6.76. The standard InChI is InChI=1S/C16H19.Zr.3H/c1-2-8-13(7-1)15-11-5-6-12-16(15)14-9-3-4-10-14;;;;/h1-4,7,9,15H,5-6,8,10-12H2;;;;/q;+3;3*-1. The Morgan fingerprint density at radius 2 is 1.94 bits per heavy atom. The molecule has 0 radical (unpaired) electrons. The molecule has 3 aliphatic carbocycles. The van der Waals surface area contributed by atoms with Crippen LogP contribution in [0.2, 0.25) is 3.12 Å². The molecule has 3 aliphatic rings. The fraction of sp³-hybridized carbons (Fsp3) is 0.500. The molecule has 0 N–H and O–H groups in total.